The van der Waals surface area contributed by atoms with Crippen LogP contribution in [0.2, 0.25) is 0 Å². The van der Waals surface area contributed by atoms with Gasteiger partial charge in [0.2, 0.25) is 11.8 Å². The minimum absolute atomic E-state index is 0.0320. The van der Waals surface area contributed by atoms with Gasteiger partial charge in [-0.05, 0) is 73.7 Å². The Morgan fingerprint density at radius 2 is 1.62 bits per heavy atom. The maximum Gasteiger partial charge on any atom is 0.258 e. The second-order valence-corrected chi connectivity index (χ2v) is 9.69. The lowest BCUT2D eigenvalue weighted by atomic mass is 10.2. The van der Waals surface area contributed by atoms with Crippen molar-refractivity contribution in [3.05, 3.63) is 108 Å². The number of aromatic nitrogens is 1. The first-order valence-electron chi connectivity index (χ1n) is 11.6. The minimum atomic E-state index is -0.585. The Bertz CT molecular complexity index is 1550. The first-order valence-corrected chi connectivity index (χ1v) is 12.4. The SMILES string of the molecule is CC(Sc1cccc(NC(=O)c2ccccc2F)c1)C(=O)Nc1ccc(-c2nc3ccccc3o2)cc1. The largest absolute Gasteiger partial charge is 0.436 e. The molecule has 5 aromatic rings. The molecule has 0 saturated heterocycles. The topological polar surface area (TPSA) is 84.2 Å². The van der Waals surface area contributed by atoms with E-state index in [0.29, 0.717) is 17.3 Å². The molecule has 1 atom stereocenters. The molecule has 1 aromatic heterocycles. The summed E-state index contributed by atoms with van der Waals surface area (Å²) in [5.74, 6) is -0.768. The van der Waals surface area contributed by atoms with Crippen LogP contribution in [0.4, 0.5) is 15.8 Å². The van der Waals surface area contributed by atoms with Crippen LogP contribution in [0.1, 0.15) is 17.3 Å². The van der Waals surface area contributed by atoms with E-state index in [1.54, 1.807) is 43.3 Å². The van der Waals surface area contributed by atoms with Crippen molar-refractivity contribution in [3.63, 3.8) is 0 Å². The van der Waals surface area contributed by atoms with Gasteiger partial charge in [-0.15, -0.1) is 11.8 Å². The van der Waals surface area contributed by atoms with Crippen LogP contribution >= 0.6 is 11.8 Å². The Kier molecular flexibility index (Phi) is 7.00. The number of anilines is 2. The Balaban J connectivity index is 1.20. The summed E-state index contributed by atoms with van der Waals surface area (Å²) >= 11 is 1.35. The molecule has 5 rings (SSSR count). The molecule has 2 amide bonds. The molecule has 0 saturated carbocycles. The van der Waals surface area contributed by atoms with E-state index in [2.05, 4.69) is 15.6 Å². The van der Waals surface area contributed by atoms with Gasteiger partial charge < -0.3 is 15.1 Å². The number of oxazole rings is 1. The molecule has 1 unspecified atom stereocenters. The number of carbonyl (C=O) groups is 2. The Hall–Kier alpha value is -4.43. The van der Waals surface area contributed by atoms with Crippen molar-refractivity contribution < 1.29 is 18.4 Å². The predicted octanol–water partition coefficient (Wildman–Crippen LogP) is 7.01. The molecule has 4 aromatic carbocycles. The predicted molar refractivity (Wildman–Crippen MR) is 144 cm³/mol. The fraction of sp³-hybridized carbons (Fsp3) is 0.0690. The second kappa shape index (κ2) is 10.7. The van der Waals surface area contributed by atoms with E-state index < -0.39 is 17.0 Å². The zero-order chi connectivity index (χ0) is 25.8. The van der Waals surface area contributed by atoms with Gasteiger partial charge in [0, 0.05) is 21.8 Å². The first-order chi connectivity index (χ1) is 18.0. The zero-order valence-corrected chi connectivity index (χ0v) is 20.6. The van der Waals surface area contributed by atoms with Crippen LogP contribution in [-0.4, -0.2) is 22.0 Å². The molecule has 184 valence electrons. The number of nitrogens with zero attached hydrogens (tertiary/aromatic N) is 1. The van der Waals surface area contributed by atoms with Gasteiger partial charge in [-0.25, -0.2) is 9.37 Å². The van der Waals surface area contributed by atoms with Gasteiger partial charge >= 0.3 is 0 Å². The van der Waals surface area contributed by atoms with Crippen molar-refractivity contribution in [2.45, 2.75) is 17.1 Å². The third kappa shape index (κ3) is 5.70. The molecule has 0 spiro atoms. The first kappa shape index (κ1) is 24.3. The molecule has 37 heavy (non-hydrogen) atoms. The molecule has 6 nitrogen and oxygen atoms in total. The van der Waals surface area contributed by atoms with Gasteiger partial charge in [-0.2, -0.15) is 0 Å². The fourth-order valence-electron chi connectivity index (χ4n) is 3.68. The molecular weight excluding hydrogens is 489 g/mol. The highest BCUT2D eigenvalue weighted by Gasteiger charge is 2.16. The van der Waals surface area contributed by atoms with E-state index in [4.69, 9.17) is 4.42 Å². The lowest BCUT2D eigenvalue weighted by molar-refractivity contribution is -0.115. The Morgan fingerprint density at radius 3 is 2.41 bits per heavy atom. The normalized spacial score (nSPS) is 11.7. The van der Waals surface area contributed by atoms with Crippen molar-refractivity contribution in [2.75, 3.05) is 10.6 Å². The molecule has 0 fully saturated rings. The Morgan fingerprint density at radius 1 is 0.865 bits per heavy atom. The number of benzene rings is 4. The number of hydrogen-bond donors (Lipinski definition) is 2. The van der Waals surface area contributed by atoms with Gasteiger partial charge in [-0.3, -0.25) is 9.59 Å². The highest BCUT2D eigenvalue weighted by molar-refractivity contribution is 8.00. The van der Waals surface area contributed by atoms with E-state index in [-0.39, 0.29) is 11.5 Å². The van der Waals surface area contributed by atoms with Crippen molar-refractivity contribution in [3.8, 4) is 11.5 Å². The zero-order valence-electron chi connectivity index (χ0n) is 19.8. The molecule has 0 aliphatic rings. The molecule has 8 heteroatoms. The van der Waals surface area contributed by atoms with Crippen LogP contribution in [0, 0.1) is 5.82 Å². The molecule has 0 aliphatic carbocycles. The number of nitrogens with one attached hydrogen (secondary N) is 2. The minimum Gasteiger partial charge on any atom is -0.436 e. The maximum atomic E-state index is 13.9. The van der Waals surface area contributed by atoms with Gasteiger partial charge in [0.15, 0.2) is 5.58 Å². The van der Waals surface area contributed by atoms with E-state index in [1.807, 2.05) is 42.5 Å². The van der Waals surface area contributed by atoms with Crippen LogP contribution in [0.5, 0.6) is 0 Å². The number of amides is 2. The summed E-state index contributed by atoms with van der Waals surface area (Å²) in [4.78, 5) is 30.5. The number of para-hydroxylation sites is 2. The van der Waals surface area contributed by atoms with Crippen molar-refractivity contribution in [2.24, 2.45) is 0 Å². The molecule has 2 N–H and O–H groups in total. The van der Waals surface area contributed by atoms with E-state index in [0.717, 1.165) is 21.6 Å². The third-order valence-electron chi connectivity index (χ3n) is 5.59. The van der Waals surface area contributed by atoms with Crippen LogP contribution in [0.25, 0.3) is 22.6 Å². The molecule has 0 bridgehead atoms. The number of thioether (sulfide) groups is 1. The number of rotatable bonds is 7. The average Bonchev–Trinajstić information content (AvgIpc) is 3.34. The summed E-state index contributed by atoms with van der Waals surface area (Å²) in [6, 6.07) is 27.8. The van der Waals surface area contributed by atoms with Gasteiger partial charge in [0.05, 0.1) is 10.8 Å². The summed E-state index contributed by atoms with van der Waals surface area (Å²) in [6.45, 7) is 1.80. The third-order valence-corrected chi connectivity index (χ3v) is 6.68. The number of halogens is 1. The quantitative estimate of drug-likeness (QED) is 0.230. The lowest BCUT2D eigenvalue weighted by Crippen LogP contribution is -2.22. The number of fused-ring (bicyclic) bond motifs is 1. The monoisotopic (exact) mass is 511 g/mol. The Labute approximate surface area is 216 Å². The highest BCUT2D eigenvalue weighted by Crippen LogP contribution is 2.28. The van der Waals surface area contributed by atoms with Crippen LogP contribution in [0.3, 0.4) is 0 Å². The van der Waals surface area contributed by atoms with Crippen LogP contribution in [-0.2, 0) is 4.79 Å². The van der Waals surface area contributed by atoms with Crippen molar-refractivity contribution in [1.82, 2.24) is 4.98 Å². The van der Waals surface area contributed by atoms with Crippen molar-refractivity contribution in [1.29, 1.82) is 0 Å². The summed E-state index contributed by atoms with van der Waals surface area (Å²) in [6.07, 6.45) is 0. The standard InChI is InChI=1S/C29H22FN3O3S/c1-18(37-22-8-6-7-21(17-22)32-28(35)23-9-2-3-10-24(23)30)27(34)31-20-15-13-19(14-16-20)29-33-25-11-4-5-12-26(25)36-29/h2-18H,1H3,(H,31,34)(H,32,35). The van der Waals surface area contributed by atoms with E-state index >= 15 is 0 Å². The van der Waals surface area contributed by atoms with E-state index in [1.165, 1.54) is 30.0 Å². The maximum absolute atomic E-state index is 13.9. The van der Waals surface area contributed by atoms with Gasteiger partial charge in [0.25, 0.3) is 5.91 Å². The summed E-state index contributed by atoms with van der Waals surface area (Å²) in [5.41, 5.74) is 3.46. The smallest absolute Gasteiger partial charge is 0.258 e. The highest BCUT2D eigenvalue weighted by atomic mass is 32.2. The van der Waals surface area contributed by atoms with E-state index in [9.17, 15) is 14.0 Å². The van der Waals surface area contributed by atoms with Gasteiger partial charge in [0.1, 0.15) is 11.3 Å². The number of hydrogen-bond acceptors (Lipinski definition) is 5. The fourth-order valence-corrected chi connectivity index (χ4v) is 4.61. The molecule has 0 aliphatic heterocycles. The average molecular weight is 512 g/mol. The summed E-state index contributed by atoms with van der Waals surface area (Å²) < 4.78 is 19.7. The van der Waals surface area contributed by atoms with Crippen molar-refractivity contribution >= 4 is 46.1 Å². The molecular formula is C29H22FN3O3S. The number of carbonyl (C=O) groups excluding carboxylic acids is 2. The van der Waals surface area contributed by atoms with Crippen LogP contribution < -0.4 is 10.6 Å². The van der Waals surface area contributed by atoms with Crippen LogP contribution in [0.15, 0.2) is 106 Å². The lowest BCUT2D eigenvalue weighted by Gasteiger charge is -2.13. The summed E-state index contributed by atoms with van der Waals surface area (Å²) in [7, 11) is 0. The second-order valence-electron chi connectivity index (χ2n) is 8.28. The molecule has 0 radical (unpaired) electrons. The van der Waals surface area contributed by atoms with Gasteiger partial charge in [-0.1, -0.05) is 30.3 Å². The molecule has 1 heterocycles. The summed E-state index contributed by atoms with van der Waals surface area (Å²) in [5, 5.41) is 5.21.